The van der Waals surface area contributed by atoms with Gasteiger partial charge < -0.3 is 9.47 Å². The number of ether oxygens (including phenoxy) is 2. The van der Waals surface area contributed by atoms with E-state index in [1.807, 2.05) is 6.07 Å². The van der Waals surface area contributed by atoms with Crippen LogP contribution in [0.3, 0.4) is 0 Å². The Bertz CT molecular complexity index is 611. The Morgan fingerprint density at radius 3 is 2.94 bits per heavy atom. The summed E-state index contributed by atoms with van der Waals surface area (Å²) < 4.78 is 10.9. The maximum Gasteiger partial charge on any atom is 0.180 e. The Balaban J connectivity index is 2.09. The van der Waals surface area contributed by atoms with Crippen molar-refractivity contribution < 1.29 is 14.3 Å². The zero-order chi connectivity index (χ0) is 12.5. The fourth-order valence-corrected chi connectivity index (χ4v) is 2.67. The van der Waals surface area contributed by atoms with E-state index in [1.165, 1.54) is 11.3 Å². The summed E-state index contributed by atoms with van der Waals surface area (Å²) in [5, 5.41) is 2.69. The van der Waals surface area contributed by atoms with Crippen LogP contribution in [0.1, 0.15) is 9.80 Å². The lowest BCUT2D eigenvalue weighted by molar-refractivity contribution is 0.112. The summed E-state index contributed by atoms with van der Waals surface area (Å²) >= 11 is 7.57. The van der Waals surface area contributed by atoms with Gasteiger partial charge in [0.25, 0.3) is 0 Å². The molecule has 1 aromatic carbocycles. The summed E-state index contributed by atoms with van der Waals surface area (Å²) in [6.07, 6.45) is 0.722. The first-order chi connectivity index (χ1) is 8.79. The molecular formula is C12H8ClNO3S. The third kappa shape index (κ3) is 1.85. The third-order valence-corrected chi connectivity index (χ3v) is 3.69. The first-order valence-electron chi connectivity index (χ1n) is 5.29. The number of benzene rings is 1. The van der Waals surface area contributed by atoms with E-state index in [2.05, 4.69) is 4.98 Å². The second kappa shape index (κ2) is 4.59. The predicted octanol–water partition coefficient (Wildman–Crippen LogP) is 3.05. The molecule has 4 nitrogen and oxygen atoms in total. The summed E-state index contributed by atoms with van der Waals surface area (Å²) in [6, 6.07) is 3.62. The van der Waals surface area contributed by atoms with E-state index in [0.29, 0.717) is 40.4 Å². The van der Waals surface area contributed by atoms with E-state index in [4.69, 9.17) is 21.1 Å². The Morgan fingerprint density at radius 2 is 2.17 bits per heavy atom. The van der Waals surface area contributed by atoms with E-state index >= 15 is 0 Å². The van der Waals surface area contributed by atoms with Crippen LogP contribution in [0.2, 0.25) is 5.02 Å². The lowest BCUT2D eigenvalue weighted by Gasteiger charge is -2.20. The number of rotatable bonds is 2. The number of fused-ring (bicyclic) bond motifs is 1. The van der Waals surface area contributed by atoms with Crippen molar-refractivity contribution in [3.8, 4) is 22.8 Å². The van der Waals surface area contributed by atoms with Crippen molar-refractivity contribution in [2.45, 2.75) is 0 Å². The van der Waals surface area contributed by atoms with Crippen molar-refractivity contribution in [3.63, 3.8) is 0 Å². The third-order valence-electron chi connectivity index (χ3n) is 2.55. The van der Waals surface area contributed by atoms with Crippen molar-refractivity contribution in [1.29, 1.82) is 0 Å². The summed E-state index contributed by atoms with van der Waals surface area (Å²) in [5.74, 6) is 1.18. The van der Waals surface area contributed by atoms with Crippen molar-refractivity contribution in [2.75, 3.05) is 13.2 Å². The molecule has 0 aliphatic carbocycles. The maximum absolute atomic E-state index is 10.6. The minimum atomic E-state index is 0.427. The number of hydrogen-bond acceptors (Lipinski definition) is 5. The second-order valence-corrected chi connectivity index (χ2v) is 4.91. The zero-order valence-corrected chi connectivity index (χ0v) is 10.8. The molecule has 6 heteroatoms. The van der Waals surface area contributed by atoms with Gasteiger partial charge in [0.1, 0.15) is 13.2 Å². The van der Waals surface area contributed by atoms with Gasteiger partial charge in [-0.3, -0.25) is 4.79 Å². The fraction of sp³-hybridized carbons (Fsp3) is 0.167. The second-order valence-electron chi connectivity index (χ2n) is 3.64. The molecule has 0 N–H and O–H groups in total. The lowest BCUT2D eigenvalue weighted by Crippen LogP contribution is -2.15. The van der Waals surface area contributed by atoms with Gasteiger partial charge in [-0.15, -0.1) is 11.3 Å². The van der Waals surface area contributed by atoms with Crippen LogP contribution in [0, 0.1) is 0 Å². The Hall–Kier alpha value is -1.59. The monoisotopic (exact) mass is 281 g/mol. The molecule has 1 aliphatic heterocycles. The molecule has 2 aromatic rings. The van der Waals surface area contributed by atoms with Gasteiger partial charge in [-0.2, -0.15) is 0 Å². The Labute approximate surface area is 112 Å². The van der Waals surface area contributed by atoms with E-state index in [0.717, 1.165) is 11.8 Å². The predicted molar refractivity (Wildman–Crippen MR) is 68.9 cm³/mol. The SMILES string of the molecule is O=Cc1nc(-c2ccc3c(c2Cl)OCCO3)cs1. The first kappa shape index (κ1) is 11.5. The molecule has 18 heavy (non-hydrogen) atoms. The van der Waals surface area contributed by atoms with Gasteiger partial charge >= 0.3 is 0 Å². The van der Waals surface area contributed by atoms with Gasteiger partial charge in [-0.05, 0) is 12.1 Å². The van der Waals surface area contributed by atoms with E-state index in [1.54, 1.807) is 11.4 Å². The largest absolute Gasteiger partial charge is 0.486 e. The Morgan fingerprint density at radius 1 is 1.33 bits per heavy atom. The number of nitrogens with zero attached hydrogens (tertiary/aromatic N) is 1. The van der Waals surface area contributed by atoms with Crippen LogP contribution < -0.4 is 9.47 Å². The molecule has 0 amide bonds. The van der Waals surface area contributed by atoms with Gasteiger partial charge in [-0.1, -0.05) is 11.6 Å². The number of thiazole rings is 1. The summed E-state index contributed by atoms with van der Waals surface area (Å²) in [7, 11) is 0. The molecule has 1 aromatic heterocycles. The highest BCUT2D eigenvalue weighted by atomic mass is 35.5. The number of halogens is 1. The number of aromatic nitrogens is 1. The molecule has 0 fully saturated rings. The number of carbonyl (C=O) groups excluding carboxylic acids is 1. The quantitative estimate of drug-likeness (QED) is 0.794. The minimum Gasteiger partial charge on any atom is -0.486 e. The average molecular weight is 282 g/mol. The normalized spacial score (nSPS) is 13.4. The standard InChI is InChI=1S/C12H8ClNO3S/c13-11-7(8-6-18-10(5-15)14-8)1-2-9-12(11)17-4-3-16-9/h1-2,5-6H,3-4H2. The maximum atomic E-state index is 10.6. The molecule has 0 saturated heterocycles. The van der Waals surface area contributed by atoms with E-state index in [9.17, 15) is 4.79 Å². The van der Waals surface area contributed by atoms with Gasteiger partial charge in [0.05, 0.1) is 10.7 Å². The molecule has 2 heterocycles. The molecule has 92 valence electrons. The van der Waals surface area contributed by atoms with Crippen molar-refractivity contribution in [2.24, 2.45) is 0 Å². The highest BCUT2D eigenvalue weighted by Gasteiger charge is 2.19. The zero-order valence-electron chi connectivity index (χ0n) is 9.18. The molecule has 0 saturated carbocycles. The lowest BCUT2D eigenvalue weighted by atomic mass is 10.1. The first-order valence-corrected chi connectivity index (χ1v) is 6.54. The Kier molecular flexibility index (Phi) is 2.93. The fourth-order valence-electron chi connectivity index (χ4n) is 1.75. The summed E-state index contributed by atoms with van der Waals surface area (Å²) in [5.41, 5.74) is 1.41. The van der Waals surface area contributed by atoms with Crippen molar-refractivity contribution in [3.05, 3.63) is 27.5 Å². The number of aldehydes is 1. The van der Waals surface area contributed by atoms with Crippen LogP contribution in [0.4, 0.5) is 0 Å². The topological polar surface area (TPSA) is 48.4 Å². The highest BCUT2D eigenvalue weighted by molar-refractivity contribution is 7.11. The molecular weight excluding hydrogens is 274 g/mol. The molecule has 0 radical (unpaired) electrons. The minimum absolute atomic E-state index is 0.427. The van der Waals surface area contributed by atoms with Crippen LogP contribution in [-0.2, 0) is 0 Å². The van der Waals surface area contributed by atoms with Gasteiger partial charge in [0, 0.05) is 10.9 Å². The number of carbonyl (C=O) groups is 1. The van der Waals surface area contributed by atoms with Gasteiger partial charge in [0.2, 0.25) is 0 Å². The highest BCUT2D eigenvalue weighted by Crippen LogP contribution is 2.43. The van der Waals surface area contributed by atoms with Crippen LogP contribution in [0.25, 0.3) is 11.3 Å². The van der Waals surface area contributed by atoms with Crippen LogP contribution in [0.5, 0.6) is 11.5 Å². The van der Waals surface area contributed by atoms with E-state index < -0.39 is 0 Å². The van der Waals surface area contributed by atoms with Gasteiger partial charge in [0.15, 0.2) is 22.8 Å². The summed E-state index contributed by atoms with van der Waals surface area (Å²) in [4.78, 5) is 14.8. The average Bonchev–Trinajstić information content (AvgIpc) is 2.88. The van der Waals surface area contributed by atoms with Crippen molar-refractivity contribution >= 4 is 29.2 Å². The summed E-state index contributed by atoms with van der Waals surface area (Å²) in [6.45, 7) is 1.00. The molecule has 0 atom stereocenters. The van der Waals surface area contributed by atoms with Gasteiger partial charge in [-0.25, -0.2) is 4.98 Å². The number of hydrogen-bond donors (Lipinski definition) is 0. The van der Waals surface area contributed by atoms with Crippen molar-refractivity contribution in [1.82, 2.24) is 4.98 Å². The van der Waals surface area contributed by atoms with Crippen LogP contribution in [0.15, 0.2) is 17.5 Å². The molecule has 1 aliphatic rings. The van der Waals surface area contributed by atoms with Crippen LogP contribution in [-0.4, -0.2) is 24.5 Å². The molecule has 3 rings (SSSR count). The smallest absolute Gasteiger partial charge is 0.180 e. The molecule has 0 unspecified atom stereocenters. The van der Waals surface area contributed by atoms with Crippen LogP contribution >= 0.6 is 22.9 Å². The molecule has 0 spiro atoms. The van der Waals surface area contributed by atoms with E-state index in [-0.39, 0.29) is 0 Å². The molecule has 0 bridgehead atoms.